The van der Waals surface area contributed by atoms with Crippen LogP contribution in [0.3, 0.4) is 0 Å². The van der Waals surface area contributed by atoms with Crippen LogP contribution in [-0.2, 0) is 9.63 Å². The van der Waals surface area contributed by atoms with Gasteiger partial charge in [0, 0.05) is 6.42 Å². The van der Waals surface area contributed by atoms with E-state index in [2.05, 4.69) is 5.16 Å². The monoisotopic (exact) mass is 235 g/mol. The van der Waals surface area contributed by atoms with Crippen molar-refractivity contribution in [3.63, 3.8) is 0 Å². The number of hydrazine groups is 1. The first-order valence-electron chi connectivity index (χ1n) is 5.12. The minimum Gasteiger partial charge on any atom is -0.497 e. The van der Waals surface area contributed by atoms with Crippen LogP contribution in [0.5, 0.6) is 5.75 Å². The molecule has 6 nitrogen and oxygen atoms in total. The van der Waals surface area contributed by atoms with Crippen LogP contribution in [-0.4, -0.2) is 24.8 Å². The molecule has 17 heavy (non-hydrogen) atoms. The molecule has 0 bridgehead atoms. The number of carbonyl (C=O) groups is 1. The summed E-state index contributed by atoms with van der Waals surface area (Å²) in [5, 5.41) is 3.87. The summed E-state index contributed by atoms with van der Waals surface area (Å²) in [5.74, 6) is 5.42. The Labute approximate surface area is 98.3 Å². The van der Waals surface area contributed by atoms with Crippen LogP contribution in [0.15, 0.2) is 29.4 Å². The lowest BCUT2D eigenvalue weighted by Crippen LogP contribution is -2.39. The lowest BCUT2D eigenvalue weighted by molar-refractivity contribution is -0.131. The molecule has 6 heteroatoms. The molecule has 3 N–H and O–H groups in total. The molecule has 90 valence electrons. The average Bonchev–Trinajstić information content (AvgIpc) is 2.87. The van der Waals surface area contributed by atoms with Crippen molar-refractivity contribution < 1.29 is 14.4 Å². The van der Waals surface area contributed by atoms with Gasteiger partial charge in [0.1, 0.15) is 5.75 Å². The number of methoxy groups -OCH3 is 1. The van der Waals surface area contributed by atoms with Gasteiger partial charge in [0.2, 0.25) is 6.10 Å². The highest BCUT2D eigenvalue weighted by Crippen LogP contribution is 2.19. The molecule has 2 rings (SSSR count). The predicted molar refractivity (Wildman–Crippen MR) is 61.4 cm³/mol. The van der Waals surface area contributed by atoms with Gasteiger partial charge in [-0.05, 0) is 29.8 Å². The van der Waals surface area contributed by atoms with Gasteiger partial charge < -0.3 is 9.57 Å². The molecular formula is C11H13N3O3. The van der Waals surface area contributed by atoms with Gasteiger partial charge in [0.15, 0.2) is 0 Å². The van der Waals surface area contributed by atoms with Crippen molar-refractivity contribution in [2.24, 2.45) is 11.0 Å². The van der Waals surface area contributed by atoms with Crippen molar-refractivity contribution in [2.45, 2.75) is 12.5 Å². The van der Waals surface area contributed by atoms with Gasteiger partial charge in [-0.1, -0.05) is 5.16 Å². The van der Waals surface area contributed by atoms with E-state index in [1.165, 1.54) is 0 Å². The summed E-state index contributed by atoms with van der Waals surface area (Å²) in [6, 6.07) is 7.38. The summed E-state index contributed by atoms with van der Waals surface area (Å²) < 4.78 is 5.06. The number of nitrogens with zero attached hydrogens (tertiary/aromatic N) is 1. The van der Waals surface area contributed by atoms with Crippen LogP contribution in [0, 0.1) is 0 Å². The third-order valence-electron chi connectivity index (χ3n) is 2.53. The maximum atomic E-state index is 11.2. The van der Waals surface area contributed by atoms with Crippen LogP contribution < -0.4 is 16.0 Å². The van der Waals surface area contributed by atoms with E-state index in [0.29, 0.717) is 6.42 Å². The Balaban J connectivity index is 2.07. The maximum Gasteiger partial charge on any atom is 0.278 e. The van der Waals surface area contributed by atoms with Crippen LogP contribution in [0.25, 0.3) is 0 Å². The van der Waals surface area contributed by atoms with Crippen molar-refractivity contribution in [3.8, 4) is 5.75 Å². The van der Waals surface area contributed by atoms with Crippen molar-refractivity contribution in [3.05, 3.63) is 29.8 Å². The molecule has 0 radical (unpaired) electrons. The Morgan fingerprint density at radius 3 is 2.82 bits per heavy atom. The van der Waals surface area contributed by atoms with Crippen LogP contribution in [0.4, 0.5) is 0 Å². The fourth-order valence-corrected chi connectivity index (χ4v) is 1.56. The SMILES string of the molecule is COc1ccc(C2=NO[C@@H](C(=O)NN)C2)cc1. The standard InChI is InChI=1S/C11H13N3O3/c1-16-8-4-2-7(3-5-8)9-6-10(17-14-9)11(15)13-12/h2-5,10H,6,12H2,1H3,(H,13,15)/t10-/m1/s1. The zero-order chi connectivity index (χ0) is 12.3. The zero-order valence-corrected chi connectivity index (χ0v) is 9.34. The molecule has 0 saturated carbocycles. The normalized spacial score (nSPS) is 18.2. The molecule has 1 amide bonds. The molecular weight excluding hydrogens is 222 g/mol. The second-order valence-electron chi connectivity index (χ2n) is 3.57. The van der Waals surface area contributed by atoms with Gasteiger partial charge in [-0.15, -0.1) is 0 Å². The topological polar surface area (TPSA) is 85.9 Å². The van der Waals surface area contributed by atoms with Crippen LogP contribution >= 0.6 is 0 Å². The highest BCUT2D eigenvalue weighted by molar-refractivity contribution is 6.04. The highest BCUT2D eigenvalue weighted by atomic mass is 16.6. The Hall–Kier alpha value is -2.08. The number of hydrogen-bond acceptors (Lipinski definition) is 5. The second kappa shape index (κ2) is 4.84. The number of ether oxygens (including phenoxy) is 1. The zero-order valence-electron chi connectivity index (χ0n) is 9.34. The fourth-order valence-electron chi connectivity index (χ4n) is 1.56. The van der Waals surface area contributed by atoms with E-state index in [1.54, 1.807) is 7.11 Å². The first-order valence-corrected chi connectivity index (χ1v) is 5.12. The predicted octanol–water partition coefficient (Wildman–Crippen LogP) is 0.178. The number of rotatable bonds is 3. The summed E-state index contributed by atoms with van der Waals surface area (Å²) in [6.07, 6.45) is -0.230. The van der Waals surface area contributed by atoms with E-state index in [9.17, 15) is 4.79 Å². The van der Waals surface area contributed by atoms with Gasteiger partial charge in [0.25, 0.3) is 5.91 Å². The Morgan fingerprint density at radius 2 is 2.24 bits per heavy atom. The van der Waals surface area contributed by atoms with Crippen molar-refractivity contribution in [1.29, 1.82) is 0 Å². The number of nitrogens with one attached hydrogen (secondary N) is 1. The summed E-state index contributed by atoms with van der Waals surface area (Å²) in [5.41, 5.74) is 3.66. The molecule has 1 aliphatic rings. The van der Waals surface area contributed by atoms with E-state index in [1.807, 2.05) is 29.7 Å². The summed E-state index contributed by atoms with van der Waals surface area (Å²) in [4.78, 5) is 16.2. The third-order valence-corrected chi connectivity index (χ3v) is 2.53. The number of benzene rings is 1. The minimum atomic E-state index is -0.642. The molecule has 1 atom stereocenters. The largest absolute Gasteiger partial charge is 0.497 e. The average molecular weight is 235 g/mol. The van der Waals surface area contributed by atoms with Crippen molar-refractivity contribution >= 4 is 11.6 Å². The minimum absolute atomic E-state index is 0.378. The van der Waals surface area contributed by atoms with E-state index in [-0.39, 0.29) is 5.91 Å². The molecule has 0 aliphatic carbocycles. The van der Waals surface area contributed by atoms with Crippen LogP contribution in [0.2, 0.25) is 0 Å². The Bertz CT molecular complexity index is 442. The Morgan fingerprint density at radius 1 is 1.53 bits per heavy atom. The van der Waals surface area contributed by atoms with Gasteiger partial charge in [-0.2, -0.15) is 0 Å². The van der Waals surface area contributed by atoms with Gasteiger partial charge in [-0.3, -0.25) is 10.2 Å². The van der Waals surface area contributed by atoms with Crippen molar-refractivity contribution in [1.82, 2.24) is 5.43 Å². The molecule has 0 aromatic heterocycles. The molecule has 1 heterocycles. The smallest absolute Gasteiger partial charge is 0.278 e. The van der Waals surface area contributed by atoms with Gasteiger partial charge in [0.05, 0.1) is 12.8 Å². The number of amides is 1. The van der Waals surface area contributed by atoms with Crippen molar-refractivity contribution in [2.75, 3.05) is 7.11 Å². The third kappa shape index (κ3) is 2.36. The first kappa shape index (κ1) is 11.4. The quantitative estimate of drug-likeness (QED) is 0.444. The molecule has 1 aromatic rings. The Kier molecular flexibility index (Phi) is 3.24. The summed E-state index contributed by atoms with van der Waals surface area (Å²) >= 11 is 0. The molecule has 0 fully saturated rings. The first-order chi connectivity index (χ1) is 8.24. The number of oxime groups is 1. The highest BCUT2D eigenvalue weighted by Gasteiger charge is 2.28. The number of carbonyl (C=O) groups excluding carboxylic acids is 1. The van der Waals surface area contributed by atoms with E-state index in [0.717, 1.165) is 17.0 Å². The molecule has 1 aliphatic heterocycles. The fraction of sp³-hybridized carbons (Fsp3) is 0.273. The number of hydrogen-bond donors (Lipinski definition) is 2. The molecule has 0 unspecified atom stereocenters. The summed E-state index contributed by atoms with van der Waals surface area (Å²) in [7, 11) is 1.60. The van der Waals surface area contributed by atoms with E-state index in [4.69, 9.17) is 15.4 Å². The number of nitrogens with two attached hydrogens (primary N) is 1. The summed E-state index contributed by atoms with van der Waals surface area (Å²) in [6.45, 7) is 0. The lowest BCUT2D eigenvalue weighted by Gasteiger charge is -2.05. The molecule has 1 aromatic carbocycles. The van der Waals surface area contributed by atoms with E-state index < -0.39 is 6.10 Å². The lowest BCUT2D eigenvalue weighted by atomic mass is 10.0. The second-order valence-corrected chi connectivity index (χ2v) is 3.57. The van der Waals surface area contributed by atoms with Gasteiger partial charge >= 0.3 is 0 Å². The van der Waals surface area contributed by atoms with E-state index >= 15 is 0 Å². The molecule has 0 spiro atoms. The maximum absolute atomic E-state index is 11.2. The van der Waals surface area contributed by atoms with Crippen LogP contribution in [0.1, 0.15) is 12.0 Å². The molecule has 0 saturated heterocycles. The van der Waals surface area contributed by atoms with Gasteiger partial charge in [-0.25, -0.2) is 5.84 Å².